The fourth-order valence-corrected chi connectivity index (χ4v) is 5.31. The lowest BCUT2D eigenvalue weighted by molar-refractivity contribution is -0.116. The molecule has 1 N–H and O–H groups in total. The van der Waals surface area contributed by atoms with Gasteiger partial charge in [-0.15, -0.1) is 11.8 Å². The maximum absolute atomic E-state index is 12.6. The van der Waals surface area contributed by atoms with Gasteiger partial charge in [0.1, 0.15) is 5.82 Å². The Balaban J connectivity index is 1.41. The fraction of sp³-hybridized carbons (Fsp3) is 0.320. The van der Waals surface area contributed by atoms with Gasteiger partial charge in [0.25, 0.3) is 0 Å². The minimum absolute atomic E-state index is 0.0241. The summed E-state index contributed by atoms with van der Waals surface area (Å²) in [5, 5.41) is 9.07. The average molecular weight is 499 g/mol. The molecule has 0 saturated heterocycles. The number of thiazole rings is 1. The molecule has 172 valence electrons. The fourth-order valence-electron chi connectivity index (χ4n) is 3.36. The van der Waals surface area contributed by atoms with Gasteiger partial charge in [-0.3, -0.25) is 4.79 Å². The van der Waals surface area contributed by atoms with E-state index < -0.39 is 0 Å². The number of amides is 1. The van der Waals surface area contributed by atoms with Gasteiger partial charge in [-0.1, -0.05) is 49.8 Å². The van der Waals surface area contributed by atoms with E-state index in [1.54, 1.807) is 27.8 Å². The van der Waals surface area contributed by atoms with E-state index in [1.165, 1.54) is 5.56 Å². The Kier molecular flexibility index (Phi) is 7.12. The number of anilines is 1. The summed E-state index contributed by atoms with van der Waals surface area (Å²) in [5.74, 6) is 1.49. The lowest BCUT2D eigenvalue weighted by atomic mass is 9.87. The van der Waals surface area contributed by atoms with Crippen molar-refractivity contribution in [3.63, 3.8) is 0 Å². The first-order chi connectivity index (χ1) is 15.7. The molecule has 1 amide bonds. The van der Waals surface area contributed by atoms with Gasteiger partial charge in [-0.05, 0) is 66.5 Å². The highest BCUT2D eigenvalue weighted by Crippen LogP contribution is 2.31. The number of benzene rings is 2. The summed E-state index contributed by atoms with van der Waals surface area (Å²) < 4.78 is 2.85. The number of fused-ring (bicyclic) bond motifs is 1. The van der Waals surface area contributed by atoms with Gasteiger partial charge in [0.2, 0.25) is 11.0 Å². The lowest BCUT2D eigenvalue weighted by Gasteiger charge is -2.18. The summed E-state index contributed by atoms with van der Waals surface area (Å²) in [5.41, 5.74) is 3.11. The van der Waals surface area contributed by atoms with Crippen LogP contribution in [0.4, 0.5) is 5.82 Å². The second-order valence-corrected chi connectivity index (χ2v) is 11.6. The molecule has 5 nitrogen and oxygen atoms in total. The van der Waals surface area contributed by atoms with Gasteiger partial charge in [-0.25, -0.2) is 4.98 Å². The Morgan fingerprint density at radius 1 is 1.15 bits per heavy atom. The number of thioether (sulfide) groups is 1. The van der Waals surface area contributed by atoms with Crippen molar-refractivity contribution >= 4 is 56.6 Å². The standard InChI is InChI=1S/C25H27ClN4OS2/c1-16-14-22(28-23(31)6-5-13-32-19-10-8-18(26)9-11-19)30(29-16)24-27-20-12-7-17(25(2,3)4)15-21(20)33-24/h7-12,14-15H,5-6,13H2,1-4H3,(H,28,31). The average Bonchev–Trinajstić information content (AvgIpc) is 3.34. The van der Waals surface area contributed by atoms with Crippen LogP contribution in [-0.4, -0.2) is 26.4 Å². The number of rotatable bonds is 7. The van der Waals surface area contributed by atoms with E-state index in [9.17, 15) is 4.79 Å². The molecular weight excluding hydrogens is 472 g/mol. The third-order valence-corrected chi connectivity index (χ3v) is 7.50. The van der Waals surface area contributed by atoms with Crippen molar-refractivity contribution in [3.05, 3.63) is 64.8 Å². The number of aryl methyl sites for hydroxylation is 1. The molecule has 0 bridgehead atoms. The van der Waals surface area contributed by atoms with E-state index in [4.69, 9.17) is 16.6 Å². The Labute approximate surface area is 207 Å². The Bertz CT molecular complexity index is 1270. The van der Waals surface area contributed by atoms with E-state index in [1.807, 2.05) is 37.3 Å². The van der Waals surface area contributed by atoms with Crippen LogP contribution in [-0.2, 0) is 10.2 Å². The van der Waals surface area contributed by atoms with Crippen LogP contribution in [0.15, 0.2) is 53.4 Å². The van der Waals surface area contributed by atoms with E-state index in [2.05, 4.69) is 49.4 Å². The molecule has 0 unspecified atom stereocenters. The molecule has 33 heavy (non-hydrogen) atoms. The summed E-state index contributed by atoms with van der Waals surface area (Å²) in [6, 6.07) is 16.0. The van der Waals surface area contributed by atoms with Crippen LogP contribution in [0, 0.1) is 6.92 Å². The number of halogens is 1. The molecule has 2 aromatic carbocycles. The minimum atomic E-state index is -0.0241. The monoisotopic (exact) mass is 498 g/mol. The Hall–Kier alpha value is -2.35. The first-order valence-corrected chi connectivity index (χ1v) is 13.0. The molecule has 0 atom stereocenters. The van der Waals surface area contributed by atoms with Crippen molar-refractivity contribution in [1.29, 1.82) is 0 Å². The van der Waals surface area contributed by atoms with Crippen molar-refractivity contribution in [1.82, 2.24) is 14.8 Å². The van der Waals surface area contributed by atoms with Crippen LogP contribution in [0.1, 0.15) is 44.9 Å². The van der Waals surface area contributed by atoms with E-state index in [0.717, 1.165) is 43.1 Å². The maximum atomic E-state index is 12.6. The molecule has 4 rings (SSSR count). The Morgan fingerprint density at radius 2 is 1.91 bits per heavy atom. The van der Waals surface area contributed by atoms with Crippen molar-refractivity contribution in [2.75, 3.05) is 11.1 Å². The molecule has 2 aromatic heterocycles. The molecule has 0 saturated carbocycles. The highest BCUT2D eigenvalue weighted by atomic mass is 35.5. The lowest BCUT2D eigenvalue weighted by Crippen LogP contribution is -2.14. The molecule has 8 heteroatoms. The SMILES string of the molecule is Cc1cc(NC(=O)CCCSc2ccc(Cl)cc2)n(-c2nc3ccc(C(C)(C)C)cc3s2)n1. The Morgan fingerprint density at radius 3 is 2.64 bits per heavy atom. The molecule has 2 heterocycles. The van der Waals surface area contributed by atoms with Crippen LogP contribution in [0.3, 0.4) is 0 Å². The number of aromatic nitrogens is 3. The summed E-state index contributed by atoms with van der Waals surface area (Å²) >= 11 is 9.23. The summed E-state index contributed by atoms with van der Waals surface area (Å²) in [7, 11) is 0. The van der Waals surface area contributed by atoms with E-state index in [-0.39, 0.29) is 11.3 Å². The number of carbonyl (C=O) groups is 1. The van der Waals surface area contributed by atoms with Crippen LogP contribution >= 0.6 is 34.7 Å². The summed E-state index contributed by atoms with van der Waals surface area (Å²) in [6.07, 6.45) is 1.22. The number of nitrogens with one attached hydrogen (secondary N) is 1. The highest BCUT2D eigenvalue weighted by molar-refractivity contribution is 7.99. The molecule has 0 radical (unpaired) electrons. The topological polar surface area (TPSA) is 59.8 Å². The van der Waals surface area contributed by atoms with Crippen LogP contribution in [0.2, 0.25) is 5.02 Å². The van der Waals surface area contributed by atoms with Crippen LogP contribution in [0.25, 0.3) is 15.3 Å². The largest absolute Gasteiger partial charge is 0.311 e. The molecule has 0 aliphatic carbocycles. The van der Waals surface area contributed by atoms with Crippen molar-refractivity contribution in [2.24, 2.45) is 0 Å². The molecule has 0 aliphatic heterocycles. The number of nitrogens with zero attached hydrogens (tertiary/aromatic N) is 3. The van der Waals surface area contributed by atoms with Crippen molar-refractivity contribution in [2.45, 2.75) is 50.8 Å². The second kappa shape index (κ2) is 9.87. The zero-order valence-corrected chi connectivity index (χ0v) is 21.6. The zero-order chi connectivity index (χ0) is 23.6. The third kappa shape index (κ3) is 5.96. The van der Waals surface area contributed by atoms with Gasteiger partial charge in [0.05, 0.1) is 15.9 Å². The van der Waals surface area contributed by atoms with Gasteiger partial charge < -0.3 is 5.32 Å². The van der Waals surface area contributed by atoms with E-state index >= 15 is 0 Å². The van der Waals surface area contributed by atoms with Gasteiger partial charge >= 0.3 is 0 Å². The predicted molar refractivity (Wildman–Crippen MR) is 140 cm³/mol. The highest BCUT2D eigenvalue weighted by Gasteiger charge is 2.17. The number of carbonyl (C=O) groups excluding carboxylic acids is 1. The first-order valence-electron chi connectivity index (χ1n) is 10.9. The van der Waals surface area contributed by atoms with Gasteiger partial charge in [0, 0.05) is 22.4 Å². The molecule has 0 fully saturated rings. The predicted octanol–water partition coefficient (Wildman–Crippen LogP) is 7.25. The normalized spacial score (nSPS) is 11.8. The summed E-state index contributed by atoms with van der Waals surface area (Å²) in [6.45, 7) is 8.53. The zero-order valence-electron chi connectivity index (χ0n) is 19.2. The van der Waals surface area contributed by atoms with Crippen LogP contribution < -0.4 is 5.32 Å². The minimum Gasteiger partial charge on any atom is -0.311 e. The molecule has 0 aliphatic rings. The van der Waals surface area contributed by atoms with Gasteiger partial charge in [0.15, 0.2) is 0 Å². The third-order valence-electron chi connectivity index (χ3n) is 5.15. The molecular formula is C25H27ClN4OS2. The quantitative estimate of drug-likeness (QED) is 0.215. The number of hydrogen-bond acceptors (Lipinski definition) is 5. The second-order valence-electron chi connectivity index (χ2n) is 8.97. The summed E-state index contributed by atoms with van der Waals surface area (Å²) in [4.78, 5) is 18.5. The maximum Gasteiger partial charge on any atom is 0.225 e. The number of hydrogen-bond donors (Lipinski definition) is 1. The van der Waals surface area contributed by atoms with E-state index in [0.29, 0.717) is 12.2 Å². The molecule has 4 aromatic rings. The van der Waals surface area contributed by atoms with Crippen molar-refractivity contribution < 1.29 is 4.79 Å². The molecule has 0 spiro atoms. The van der Waals surface area contributed by atoms with Crippen molar-refractivity contribution in [3.8, 4) is 5.13 Å². The first kappa shape index (κ1) is 23.8. The van der Waals surface area contributed by atoms with Crippen LogP contribution in [0.5, 0.6) is 0 Å². The smallest absolute Gasteiger partial charge is 0.225 e. The van der Waals surface area contributed by atoms with Gasteiger partial charge in [-0.2, -0.15) is 9.78 Å².